The van der Waals surface area contributed by atoms with Crippen LogP contribution in [0.4, 0.5) is 14.0 Å². The zero-order chi connectivity index (χ0) is 37.3. The maximum atomic E-state index is 17.0. The van der Waals surface area contributed by atoms with Gasteiger partial charge in [0, 0.05) is 44.5 Å². The molecule has 3 aliphatic carbocycles. The van der Waals surface area contributed by atoms with Gasteiger partial charge in [-0.05, 0) is 79.1 Å². The van der Waals surface area contributed by atoms with E-state index in [1.165, 1.54) is 12.8 Å². The number of Topliss-reactive ketones (excluding diaryl/α,β-unsaturated/α-hetero) is 1. The zero-order valence-corrected chi connectivity index (χ0v) is 31.6. The van der Waals surface area contributed by atoms with Crippen LogP contribution < -0.4 is 16.4 Å². The van der Waals surface area contributed by atoms with Crippen molar-refractivity contribution in [3.05, 3.63) is 11.8 Å². The first-order chi connectivity index (χ1) is 24.5. The highest BCUT2D eigenvalue weighted by Gasteiger charge is 2.63. The van der Waals surface area contributed by atoms with Gasteiger partial charge in [0.2, 0.25) is 0 Å². The van der Waals surface area contributed by atoms with E-state index in [9.17, 15) is 19.2 Å². The Balaban J connectivity index is 1.15. The topological polar surface area (TPSA) is 156 Å². The van der Waals surface area contributed by atoms with Gasteiger partial charge in [0.25, 0.3) is 5.91 Å². The molecule has 0 spiro atoms. The molecule has 4 heterocycles. The number of ketones is 1. The highest BCUT2D eigenvalue weighted by atomic mass is 19.1. The fourth-order valence-electron chi connectivity index (χ4n) is 10.3. The van der Waals surface area contributed by atoms with Crippen LogP contribution >= 0.6 is 0 Å². The molecule has 13 nitrogen and oxygen atoms in total. The number of nitrogens with zero attached hydrogens (tertiary/aromatic N) is 3. The summed E-state index contributed by atoms with van der Waals surface area (Å²) >= 11 is 0. The SMILES string of the molecule is CC(C)(C)OC(=O)NC1CCN(C(=O)C2=CN3C4CC5CCCCC5CC4OC4C(N5CCC(NC(=O)OC(C)(C)C)C5)C(F)C(N)C(C2=O)C43)C1. The summed E-state index contributed by atoms with van der Waals surface area (Å²) in [6.45, 7) is 12.4. The Hall–Kier alpha value is -2.97. The number of halogens is 1. The average molecular weight is 731 g/mol. The van der Waals surface area contributed by atoms with E-state index in [-0.39, 0.29) is 36.3 Å². The summed E-state index contributed by atoms with van der Waals surface area (Å²) in [6, 6.07) is -2.98. The standard InChI is InChI=1S/C38H59FN6O7/c1-37(2,3)51-35(48)41-22-11-13-43(17-22)31-28(39)29(40)27-30-33(31)50-26-16-21-10-8-7-9-20(21)15-25(26)45(30)19-24(32(27)46)34(47)44-14-12-23(18-44)42-36(49)52-38(4,5)6/h19-23,25-31,33H,7-18,40H2,1-6H3,(H,41,48)(H,42,49). The normalized spacial score (nSPS) is 39.2. The molecule has 7 rings (SSSR count). The molecule has 3 saturated carbocycles. The molecular formula is C38H59FN6O7. The lowest BCUT2D eigenvalue weighted by Crippen LogP contribution is -2.78. The molecule has 3 amide bonds. The highest BCUT2D eigenvalue weighted by Crippen LogP contribution is 2.51. The first kappa shape index (κ1) is 37.3. The number of hydrogen-bond donors (Lipinski definition) is 3. The number of carbonyl (C=O) groups is 4. The molecule has 12 unspecified atom stereocenters. The number of amides is 3. The fourth-order valence-corrected chi connectivity index (χ4v) is 10.3. The summed E-state index contributed by atoms with van der Waals surface area (Å²) in [7, 11) is 0. The zero-order valence-electron chi connectivity index (χ0n) is 31.6. The van der Waals surface area contributed by atoms with Crippen molar-refractivity contribution < 1.29 is 37.8 Å². The van der Waals surface area contributed by atoms with Gasteiger partial charge in [-0.15, -0.1) is 0 Å². The van der Waals surface area contributed by atoms with Gasteiger partial charge in [-0.1, -0.05) is 25.7 Å². The molecule has 14 heteroatoms. The molecular weight excluding hydrogens is 671 g/mol. The molecule has 52 heavy (non-hydrogen) atoms. The molecule has 4 N–H and O–H groups in total. The molecule has 0 aromatic heterocycles. The smallest absolute Gasteiger partial charge is 0.407 e. The first-order valence-electron chi connectivity index (χ1n) is 19.6. The van der Waals surface area contributed by atoms with Crippen LogP contribution in [-0.2, 0) is 23.8 Å². The van der Waals surface area contributed by atoms with E-state index >= 15 is 4.39 Å². The average Bonchev–Trinajstić information content (AvgIpc) is 3.70. The molecule has 12 atom stereocenters. The number of likely N-dealkylation sites (tertiary alicyclic amines) is 2. The number of rotatable bonds is 4. The summed E-state index contributed by atoms with van der Waals surface area (Å²) in [6.07, 6.45) is 5.92. The van der Waals surface area contributed by atoms with Gasteiger partial charge in [-0.25, -0.2) is 14.0 Å². The first-order valence-corrected chi connectivity index (χ1v) is 19.6. The van der Waals surface area contributed by atoms with Crippen molar-refractivity contribution >= 4 is 23.9 Å². The lowest BCUT2D eigenvalue weighted by atomic mass is 9.64. The van der Waals surface area contributed by atoms with Crippen molar-refractivity contribution in [1.29, 1.82) is 0 Å². The molecule has 0 radical (unpaired) electrons. The predicted molar refractivity (Wildman–Crippen MR) is 190 cm³/mol. The quantitative estimate of drug-likeness (QED) is 0.367. The second kappa shape index (κ2) is 14.0. The van der Waals surface area contributed by atoms with Gasteiger partial charge < -0.3 is 40.4 Å². The highest BCUT2D eigenvalue weighted by molar-refractivity contribution is 6.21. The number of nitrogens with two attached hydrogens (primary N) is 1. The number of fused-ring (bicyclic) bond motifs is 3. The van der Waals surface area contributed by atoms with Crippen LogP contribution in [0.1, 0.15) is 92.9 Å². The van der Waals surface area contributed by atoms with Crippen LogP contribution in [0.5, 0.6) is 0 Å². The summed E-state index contributed by atoms with van der Waals surface area (Å²) in [4.78, 5) is 59.6. The van der Waals surface area contributed by atoms with Crippen molar-refractivity contribution in [1.82, 2.24) is 25.3 Å². The third-order valence-electron chi connectivity index (χ3n) is 12.4. The molecule has 290 valence electrons. The van der Waals surface area contributed by atoms with Crippen LogP contribution in [0.25, 0.3) is 0 Å². The van der Waals surface area contributed by atoms with Gasteiger partial charge in [0.1, 0.15) is 17.4 Å². The van der Waals surface area contributed by atoms with Crippen LogP contribution in [0, 0.1) is 17.8 Å². The minimum Gasteiger partial charge on any atom is -0.444 e. The summed E-state index contributed by atoms with van der Waals surface area (Å²) in [5.74, 6) is -0.729. The van der Waals surface area contributed by atoms with Gasteiger partial charge in [0.15, 0.2) is 5.78 Å². The maximum Gasteiger partial charge on any atom is 0.407 e. The number of morpholine rings is 1. The summed E-state index contributed by atoms with van der Waals surface area (Å²) in [5.41, 5.74) is 5.52. The van der Waals surface area contributed by atoms with Crippen LogP contribution in [0.3, 0.4) is 0 Å². The van der Waals surface area contributed by atoms with Crippen LogP contribution in [-0.4, -0.2) is 131 Å². The summed E-state index contributed by atoms with van der Waals surface area (Å²) < 4.78 is 34.9. The molecule has 0 aromatic rings. The number of nitrogens with one attached hydrogen (secondary N) is 2. The van der Waals surface area contributed by atoms with E-state index in [4.69, 9.17) is 19.9 Å². The number of hydrogen-bond acceptors (Lipinski definition) is 10. The number of alkyl carbamates (subject to hydrolysis) is 2. The Morgan fingerprint density at radius 2 is 1.46 bits per heavy atom. The number of alkyl halides is 1. The lowest BCUT2D eigenvalue weighted by molar-refractivity contribution is -0.222. The Bertz CT molecular complexity index is 1450. The van der Waals surface area contributed by atoms with Gasteiger partial charge >= 0.3 is 12.2 Å². The Labute approximate surface area is 306 Å². The Morgan fingerprint density at radius 3 is 2.10 bits per heavy atom. The number of carbonyl (C=O) groups excluding carboxylic acids is 4. The summed E-state index contributed by atoms with van der Waals surface area (Å²) in [5, 5.41) is 5.81. The number of ether oxygens (including phenoxy) is 3. The second-order valence-corrected chi connectivity index (χ2v) is 18.4. The van der Waals surface area contributed by atoms with Crippen molar-refractivity contribution in [3.63, 3.8) is 0 Å². The Kier molecular flexibility index (Phi) is 10.1. The van der Waals surface area contributed by atoms with E-state index in [1.54, 1.807) is 31.9 Å². The van der Waals surface area contributed by atoms with Crippen molar-refractivity contribution in [2.24, 2.45) is 23.5 Å². The van der Waals surface area contributed by atoms with E-state index in [0.717, 1.165) is 25.7 Å². The van der Waals surface area contributed by atoms with Crippen LogP contribution in [0.15, 0.2) is 11.8 Å². The molecule has 6 fully saturated rings. The minimum atomic E-state index is -1.59. The van der Waals surface area contributed by atoms with Crippen molar-refractivity contribution in [2.45, 2.75) is 159 Å². The van der Waals surface area contributed by atoms with Crippen molar-refractivity contribution in [2.75, 3.05) is 26.2 Å². The molecule has 0 bridgehead atoms. The van der Waals surface area contributed by atoms with Gasteiger partial charge in [0.05, 0.1) is 47.9 Å². The third-order valence-corrected chi connectivity index (χ3v) is 12.4. The van der Waals surface area contributed by atoms with Crippen molar-refractivity contribution in [3.8, 4) is 0 Å². The fraction of sp³-hybridized carbons (Fsp3) is 0.842. The molecule has 3 saturated heterocycles. The van der Waals surface area contributed by atoms with E-state index in [0.29, 0.717) is 44.3 Å². The largest absolute Gasteiger partial charge is 0.444 e. The monoisotopic (exact) mass is 730 g/mol. The third kappa shape index (κ3) is 7.40. The molecule has 0 aromatic carbocycles. The van der Waals surface area contributed by atoms with E-state index < -0.39 is 71.4 Å². The van der Waals surface area contributed by atoms with E-state index in [2.05, 4.69) is 15.5 Å². The van der Waals surface area contributed by atoms with E-state index in [1.807, 2.05) is 25.7 Å². The maximum absolute atomic E-state index is 17.0. The van der Waals surface area contributed by atoms with Crippen LogP contribution in [0.2, 0.25) is 0 Å². The lowest BCUT2D eigenvalue weighted by Gasteiger charge is -2.62. The van der Waals surface area contributed by atoms with Gasteiger partial charge in [-0.2, -0.15) is 0 Å². The minimum absolute atomic E-state index is 0.0354. The second-order valence-electron chi connectivity index (χ2n) is 18.4. The molecule has 4 aliphatic heterocycles. The van der Waals surface area contributed by atoms with Gasteiger partial charge in [-0.3, -0.25) is 14.5 Å². The Morgan fingerprint density at radius 1 is 0.865 bits per heavy atom. The molecule has 7 aliphatic rings. The predicted octanol–water partition coefficient (Wildman–Crippen LogP) is 3.25.